The monoisotopic (exact) mass is 357 g/mol. The average Bonchev–Trinajstić information content (AvgIpc) is 2.67. The Kier molecular flexibility index (Phi) is 8.45. The van der Waals surface area contributed by atoms with Crippen LogP contribution in [0.25, 0.3) is 0 Å². The SMILES string of the molecule is CCOCCOCc1cccc(CN=C(N)Nc2cccc(OC)c2)c1. The minimum Gasteiger partial charge on any atom is -0.497 e. The van der Waals surface area contributed by atoms with Gasteiger partial charge in [0.05, 0.1) is 33.5 Å². The first-order valence-corrected chi connectivity index (χ1v) is 8.65. The third kappa shape index (κ3) is 7.13. The van der Waals surface area contributed by atoms with E-state index in [9.17, 15) is 0 Å². The molecule has 3 N–H and O–H groups in total. The highest BCUT2D eigenvalue weighted by Crippen LogP contribution is 2.16. The first-order chi connectivity index (χ1) is 12.7. The number of anilines is 1. The Hall–Kier alpha value is -2.57. The molecule has 6 heteroatoms. The largest absolute Gasteiger partial charge is 0.497 e. The molecule has 2 rings (SSSR count). The van der Waals surface area contributed by atoms with E-state index in [1.165, 1.54) is 0 Å². The highest BCUT2D eigenvalue weighted by Gasteiger charge is 2.00. The highest BCUT2D eigenvalue weighted by molar-refractivity contribution is 5.92. The summed E-state index contributed by atoms with van der Waals surface area (Å²) in [6.07, 6.45) is 0. The van der Waals surface area contributed by atoms with E-state index < -0.39 is 0 Å². The Morgan fingerprint density at radius 3 is 2.62 bits per heavy atom. The van der Waals surface area contributed by atoms with Crippen molar-refractivity contribution in [3.05, 3.63) is 59.7 Å². The van der Waals surface area contributed by atoms with Gasteiger partial charge in [-0.1, -0.05) is 30.3 Å². The second-order valence-corrected chi connectivity index (χ2v) is 5.63. The van der Waals surface area contributed by atoms with Gasteiger partial charge in [-0.15, -0.1) is 0 Å². The summed E-state index contributed by atoms with van der Waals surface area (Å²) in [6, 6.07) is 15.7. The van der Waals surface area contributed by atoms with Crippen LogP contribution in [-0.2, 0) is 22.6 Å². The minimum atomic E-state index is 0.358. The molecule has 26 heavy (non-hydrogen) atoms. The number of aliphatic imine (C=N–C) groups is 1. The first-order valence-electron chi connectivity index (χ1n) is 8.65. The fourth-order valence-electron chi connectivity index (χ4n) is 2.33. The molecule has 2 aromatic carbocycles. The van der Waals surface area contributed by atoms with Gasteiger partial charge in [-0.25, -0.2) is 4.99 Å². The smallest absolute Gasteiger partial charge is 0.193 e. The molecule has 0 aliphatic heterocycles. The standard InChI is InChI=1S/C20H27N3O3/c1-3-25-10-11-26-15-17-7-4-6-16(12-17)14-22-20(21)23-18-8-5-9-19(13-18)24-2/h4-9,12-13H,3,10-11,14-15H2,1-2H3,(H3,21,22,23). The number of nitrogens with two attached hydrogens (primary N) is 1. The van der Waals surface area contributed by atoms with E-state index >= 15 is 0 Å². The second-order valence-electron chi connectivity index (χ2n) is 5.63. The zero-order chi connectivity index (χ0) is 18.6. The van der Waals surface area contributed by atoms with Gasteiger partial charge in [0.25, 0.3) is 0 Å². The molecule has 2 aromatic rings. The number of nitrogens with one attached hydrogen (secondary N) is 1. The lowest BCUT2D eigenvalue weighted by Crippen LogP contribution is -2.22. The molecule has 0 amide bonds. The summed E-state index contributed by atoms with van der Waals surface area (Å²) >= 11 is 0. The third-order valence-corrected chi connectivity index (χ3v) is 3.61. The Morgan fingerprint density at radius 1 is 1.04 bits per heavy atom. The van der Waals surface area contributed by atoms with E-state index in [1.54, 1.807) is 7.11 Å². The molecule has 0 unspecified atom stereocenters. The zero-order valence-corrected chi connectivity index (χ0v) is 15.4. The van der Waals surface area contributed by atoms with Gasteiger partial charge < -0.3 is 25.3 Å². The summed E-state index contributed by atoms with van der Waals surface area (Å²) in [4.78, 5) is 4.39. The van der Waals surface area contributed by atoms with Gasteiger partial charge in [0.1, 0.15) is 5.75 Å². The van der Waals surface area contributed by atoms with Gasteiger partial charge >= 0.3 is 0 Å². The summed E-state index contributed by atoms with van der Waals surface area (Å²) < 4.78 is 16.0. The molecular weight excluding hydrogens is 330 g/mol. The van der Waals surface area contributed by atoms with Crippen LogP contribution in [-0.4, -0.2) is 32.9 Å². The topological polar surface area (TPSA) is 78.1 Å². The van der Waals surface area contributed by atoms with Crippen molar-refractivity contribution in [1.29, 1.82) is 0 Å². The van der Waals surface area contributed by atoms with Crippen LogP contribution < -0.4 is 15.8 Å². The molecule has 0 fully saturated rings. The van der Waals surface area contributed by atoms with Gasteiger partial charge in [-0.2, -0.15) is 0 Å². The molecule has 0 radical (unpaired) electrons. The van der Waals surface area contributed by atoms with Crippen LogP contribution in [0.1, 0.15) is 18.1 Å². The predicted octanol–water partition coefficient (Wildman–Crippen LogP) is 3.18. The molecule has 0 aliphatic carbocycles. The van der Waals surface area contributed by atoms with Gasteiger partial charge in [0, 0.05) is 18.4 Å². The van der Waals surface area contributed by atoms with Gasteiger partial charge in [-0.05, 0) is 30.2 Å². The van der Waals surface area contributed by atoms with E-state index in [-0.39, 0.29) is 0 Å². The Balaban J connectivity index is 1.85. The first kappa shape index (κ1) is 19.8. The molecule has 0 saturated carbocycles. The number of rotatable bonds is 10. The maximum atomic E-state index is 5.97. The van der Waals surface area contributed by atoms with Crippen LogP contribution >= 0.6 is 0 Å². The van der Waals surface area contributed by atoms with Crippen LogP contribution in [0.4, 0.5) is 5.69 Å². The number of methoxy groups -OCH3 is 1. The van der Waals surface area contributed by atoms with Crippen LogP contribution in [0.5, 0.6) is 5.75 Å². The van der Waals surface area contributed by atoms with E-state index in [0.717, 1.165) is 22.6 Å². The number of guanidine groups is 1. The number of ether oxygens (including phenoxy) is 3. The van der Waals surface area contributed by atoms with Crippen LogP contribution in [0, 0.1) is 0 Å². The fraction of sp³-hybridized carbons (Fsp3) is 0.350. The quantitative estimate of drug-likeness (QED) is 0.388. The maximum Gasteiger partial charge on any atom is 0.193 e. The molecule has 0 heterocycles. The van der Waals surface area contributed by atoms with Gasteiger partial charge in [0.15, 0.2) is 5.96 Å². The molecule has 0 bridgehead atoms. The van der Waals surface area contributed by atoms with Gasteiger partial charge in [-0.3, -0.25) is 0 Å². The normalized spacial score (nSPS) is 11.4. The number of benzene rings is 2. The summed E-state index contributed by atoms with van der Waals surface area (Å²) in [5, 5.41) is 3.06. The van der Waals surface area contributed by atoms with E-state index in [4.69, 9.17) is 19.9 Å². The van der Waals surface area contributed by atoms with Crippen molar-refractivity contribution >= 4 is 11.6 Å². The van der Waals surface area contributed by atoms with Gasteiger partial charge in [0.2, 0.25) is 0 Å². The number of hydrogen-bond donors (Lipinski definition) is 2. The average molecular weight is 357 g/mol. The molecule has 0 aliphatic rings. The molecule has 0 aromatic heterocycles. The molecule has 6 nitrogen and oxygen atoms in total. The summed E-state index contributed by atoms with van der Waals surface area (Å²) in [7, 11) is 1.63. The maximum absolute atomic E-state index is 5.97. The Bertz CT molecular complexity index is 704. The van der Waals surface area contributed by atoms with E-state index in [2.05, 4.69) is 16.4 Å². The van der Waals surface area contributed by atoms with Crippen molar-refractivity contribution in [1.82, 2.24) is 0 Å². The van der Waals surface area contributed by atoms with Crippen molar-refractivity contribution in [3.63, 3.8) is 0 Å². The lowest BCUT2D eigenvalue weighted by Gasteiger charge is -2.08. The summed E-state index contributed by atoms with van der Waals surface area (Å²) in [5.74, 6) is 1.12. The van der Waals surface area contributed by atoms with Crippen LogP contribution in [0.15, 0.2) is 53.5 Å². The molecule has 0 atom stereocenters. The summed E-state index contributed by atoms with van der Waals surface area (Å²) in [5.41, 5.74) is 8.98. The third-order valence-electron chi connectivity index (χ3n) is 3.61. The molecular formula is C20H27N3O3. The molecule has 0 saturated heterocycles. The Morgan fingerprint density at radius 2 is 1.81 bits per heavy atom. The van der Waals surface area contributed by atoms with Crippen molar-refractivity contribution < 1.29 is 14.2 Å². The minimum absolute atomic E-state index is 0.358. The fourth-order valence-corrected chi connectivity index (χ4v) is 2.33. The van der Waals surface area contributed by atoms with E-state index in [0.29, 0.717) is 38.9 Å². The van der Waals surface area contributed by atoms with Crippen molar-refractivity contribution in [2.24, 2.45) is 10.7 Å². The van der Waals surface area contributed by atoms with Crippen LogP contribution in [0.3, 0.4) is 0 Å². The number of hydrogen-bond acceptors (Lipinski definition) is 4. The van der Waals surface area contributed by atoms with Crippen molar-refractivity contribution in [2.75, 3.05) is 32.2 Å². The predicted molar refractivity (Wildman–Crippen MR) is 105 cm³/mol. The second kappa shape index (κ2) is 11.1. The number of nitrogens with zero attached hydrogens (tertiary/aromatic N) is 1. The lowest BCUT2D eigenvalue weighted by atomic mass is 10.1. The van der Waals surface area contributed by atoms with Crippen molar-refractivity contribution in [3.8, 4) is 5.75 Å². The molecule has 0 spiro atoms. The van der Waals surface area contributed by atoms with Crippen molar-refractivity contribution in [2.45, 2.75) is 20.1 Å². The Labute approximate surface area is 155 Å². The lowest BCUT2D eigenvalue weighted by molar-refractivity contribution is 0.0453. The van der Waals surface area contributed by atoms with Crippen LogP contribution in [0.2, 0.25) is 0 Å². The summed E-state index contributed by atoms with van der Waals surface area (Å²) in [6.45, 7) is 4.94. The molecule has 140 valence electrons. The zero-order valence-electron chi connectivity index (χ0n) is 15.4. The van der Waals surface area contributed by atoms with E-state index in [1.807, 2.05) is 49.4 Å². The highest BCUT2D eigenvalue weighted by atomic mass is 16.5.